The maximum atomic E-state index is 11.7. The summed E-state index contributed by atoms with van der Waals surface area (Å²) in [6.45, 7) is 11.2. The van der Waals surface area contributed by atoms with Gasteiger partial charge in [0.2, 0.25) is 0 Å². The third kappa shape index (κ3) is 4.80. The number of rotatable bonds is 5. The van der Waals surface area contributed by atoms with E-state index in [9.17, 15) is 8.42 Å². The summed E-state index contributed by atoms with van der Waals surface area (Å²) in [7, 11) is -0.293. The Morgan fingerprint density at radius 3 is 1.95 bits per heavy atom. The molecule has 0 fully saturated rings. The van der Waals surface area contributed by atoms with Gasteiger partial charge >= 0.3 is 0 Å². The van der Waals surface area contributed by atoms with Crippen molar-refractivity contribution in [3.8, 4) is 0 Å². The lowest BCUT2D eigenvalue weighted by Gasteiger charge is -2.22. The summed E-state index contributed by atoms with van der Waals surface area (Å²) < 4.78 is 27.2. The quantitative estimate of drug-likeness (QED) is 0.908. The summed E-state index contributed by atoms with van der Waals surface area (Å²) >= 11 is 0. The molecule has 0 saturated carbocycles. The van der Waals surface area contributed by atoms with Gasteiger partial charge in [-0.25, -0.2) is 4.72 Å². The Morgan fingerprint density at radius 1 is 1.10 bits per heavy atom. The van der Waals surface area contributed by atoms with E-state index in [4.69, 9.17) is 0 Å². The average molecular weight is 312 g/mol. The molecular formula is C16H28N2O2S. The van der Waals surface area contributed by atoms with Gasteiger partial charge in [-0.05, 0) is 47.9 Å². The molecule has 0 aliphatic rings. The SMILES string of the molecule is Cc1cc(C(C)(C)C)cc(C)c1CCNS(=O)(=O)N(C)C. The molecule has 4 nitrogen and oxygen atoms in total. The molecule has 0 bridgehead atoms. The first-order valence-corrected chi connectivity index (χ1v) is 8.67. The van der Waals surface area contributed by atoms with E-state index < -0.39 is 10.2 Å². The van der Waals surface area contributed by atoms with Gasteiger partial charge in [-0.2, -0.15) is 12.7 Å². The van der Waals surface area contributed by atoms with Crippen LogP contribution in [0.3, 0.4) is 0 Å². The number of aryl methyl sites for hydroxylation is 2. The van der Waals surface area contributed by atoms with Gasteiger partial charge in [0.05, 0.1) is 0 Å². The van der Waals surface area contributed by atoms with Crippen LogP contribution in [-0.2, 0) is 22.0 Å². The van der Waals surface area contributed by atoms with Crippen molar-refractivity contribution >= 4 is 10.2 Å². The van der Waals surface area contributed by atoms with Crippen LogP contribution in [0.2, 0.25) is 0 Å². The Bertz CT molecular complexity index is 576. The number of nitrogens with zero attached hydrogens (tertiary/aromatic N) is 1. The summed E-state index contributed by atoms with van der Waals surface area (Å²) in [5.74, 6) is 0. The van der Waals surface area contributed by atoms with Crippen LogP contribution < -0.4 is 4.72 Å². The Hall–Kier alpha value is -0.910. The summed E-state index contributed by atoms with van der Waals surface area (Å²) in [6.07, 6.45) is 0.704. The summed E-state index contributed by atoms with van der Waals surface area (Å²) in [6, 6.07) is 4.42. The van der Waals surface area contributed by atoms with E-state index in [-0.39, 0.29) is 5.41 Å². The molecule has 0 aliphatic carbocycles. The number of hydrogen-bond acceptors (Lipinski definition) is 2. The van der Waals surface area contributed by atoms with Gasteiger partial charge in [-0.15, -0.1) is 0 Å². The van der Waals surface area contributed by atoms with Crippen molar-refractivity contribution in [1.82, 2.24) is 9.03 Å². The Kier molecular flexibility index (Phi) is 5.58. The zero-order valence-electron chi connectivity index (χ0n) is 14.2. The largest absolute Gasteiger partial charge is 0.278 e. The van der Waals surface area contributed by atoms with E-state index in [1.54, 1.807) is 0 Å². The number of benzene rings is 1. The molecule has 0 saturated heterocycles. The van der Waals surface area contributed by atoms with Gasteiger partial charge in [-0.1, -0.05) is 32.9 Å². The van der Waals surface area contributed by atoms with Crippen LogP contribution in [0.25, 0.3) is 0 Å². The van der Waals surface area contributed by atoms with Gasteiger partial charge in [-0.3, -0.25) is 0 Å². The first-order chi connectivity index (χ1) is 9.45. The summed E-state index contributed by atoms with van der Waals surface area (Å²) in [4.78, 5) is 0. The minimum absolute atomic E-state index is 0.126. The van der Waals surface area contributed by atoms with Crippen LogP contribution in [0.5, 0.6) is 0 Å². The van der Waals surface area contributed by atoms with E-state index in [1.807, 2.05) is 0 Å². The maximum absolute atomic E-state index is 11.7. The highest BCUT2D eigenvalue weighted by Gasteiger charge is 2.17. The second-order valence-electron chi connectivity index (χ2n) is 6.77. The second-order valence-corrected chi connectivity index (χ2v) is 8.74. The van der Waals surface area contributed by atoms with Crippen LogP contribution in [0, 0.1) is 13.8 Å². The van der Waals surface area contributed by atoms with Crippen LogP contribution in [0.1, 0.15) is 43.0 Å². The molecule has 1 N–H and O–H groups in total. The predicted octanol–water partition coefficient (Wildman–Crippen LogP) is 2.54. The molecule has 0 spiro atoms. The summed E-state index contributed by atoms with van der Waals surface area (Å²) in [5.41, 5.74) is 5.12. The maximum Gasteiger partial charge on any atom is 0.278 e. The standard InChI is InChI=1S/C16H28N2O2S/c1-12-10-14(16(3,4)5)11-13(2)15(12)8-9-17-21(19,20)18(6)7/h10-11,17H,8-9H2,1-7H3. The van der Waals surface area contributed by atoms with Crippen molar-refractivity contribution in [2.24, 2.45) is 0 Å². The minimum atomic E-state index is -3.34. The molecule has 0 radical (unpaired) electrons. The molecule has 120 valence electrons. The third-order valence-corrected chi connectivity index (χ3v) is 5.23. The van der Waals surface area contributed by atoms with Gasteiger partial charge in [0, 0.05) is 20.6 Å². The normalized spacial score (nSPS) is 13.0. The molecule has 0 heterocycles. The smallest absolute Gasteiger partial charge is 0.202 e. The van der Waals surface area contributed by atoms with Crippen molar-refractivity contribution < 1.29 is 8.42 Å². The van der Waals surface area contributed by atoms with Crippen LogP contribution in [-0.4, -0.2) is 33.4 Å². The van der Waals surface area contributed by atoms with Crippen LogP contribution in [0.4, 0.5) is 0 Å². The predicted molar refractivity (Wildman–Crippen MR) is 88.9 cm³/mol. The average Bonchev–Trinajstić information content (AvgIpc) is 2.30. The monoisotopic (exact) mass is 312 g/mol. The first kappa shape index (κ1) is 18.1. The molecule has 0 amide bonds. The Labute approximate surface area is 129 Å². The van der Waals surface area contributed by atoms with E-state index in [2.05, 4.69) is 51.5 Å². The lowest BCUT2D eigenvalue weighted by atomic mass is 9.83. The lowest BCUT2D eigenvalue weighted by molar-refractivity contribution is 0.506. The van der Waals surface area contributed by atoms with Gasteiger partial charge < -0.3 is 0 Å². The van der Waals surface area contributed by atoms with E-state index >= 15 is 0 Å². The molecule has 21 heavy (non-hydrogen) atoms. The Morgan fingerprint density at radius 2 is 1.57 bits per heavy atom. The van der Waals surface area contributed by atoms with Gasteiger partial charge in [0.1, 0.15) is 0 Å². The fourth-order valence-corrected chi connectivity index (χ4v) is 2.87. The molecule has 1 aromatic carbocycles. The highest BCUT2D eigenvalue weighted by atomic mass is 32.2. The molecule has 5 heteroatoms. The first-order valence-electron chi connectivity index (χ1n) is 7.23. The van der Waals surface area contributed by atoms with Crippen LogP contribution in [0.15, 0.2) is 12.1 Å². The molecule has 0 unspecified atom stereocenters. The number of hydrogen-bond donors (Lipinski definition) is 1. The molecule has 0 atom stereocenters. The molecule has 0 aromatic heterocycles. The fourth-order valence-electron chi connectivity index (χ4n) is 2.25. The third-order valence-electron chi connectivity index (χ3n) is 3.70. The van der Waals surface area contributed by atoms with Gasteiger partial charge in [0.25, 0.3) is 10.2 Å². The molecule has 1 rings (SSSR count). The fraction of sp³-hybridized carbons (Fsp3) is 0.625. The topological polar surface area (TPSA) is 49.4 Å². The van der Waals surface area contributed by atoms with Gasteiger partial charge in [0.15, 0.2) is 0 Å². The van der Waals surface area contributed by atoms with E-state index in [0.717, 1.165) is 0 Å². The molecule has 0 aliphatic heterocycles. The van der Waals surface area contributed by atoms with Crippen molar-refractivity contribution in [3.05, 3.63) is 34.4 Å². The zero-order chi connectivity index (χ0) is 16.4. The van der Waals surface area contributed by atoms with Crippen molar-refractivity contribution in [2.75, 3.05) is 20.6 Å². The van der Waals surface area contributed by atoms with E-state index in [0.29, 0.717) is 13.0 Å². The lowest BCUT2D eigenvalue weighted by Crippen LogP contribution is -2.36. The molecular weight excluding hydrogens is 284 g/mol. The molecule has 1 aromatic rings. The highest BCUT2D eigenvalue weighted by Crippen LogP contribution is 2.27. The highest BCUT2D eigenvalue weighted by molar-refractivity contribution is 7.87. The van der Waals surface area contributed by atoms with Crippen molar-refractivity contribution in [3.63, 3.8) is 0 Å². The Balaban J connectivity index is 2.87. The second kappa shape index (κ2) is 6.46. The van der Waals surface area contributed by atoms with Crippen molar-refractivity contribution in [1.29, 1.82) is 0 Å². The zero-order valence-corrected chi connectivity index (χ0v) is 15.1. The van der Waals surface area contributed by atoms with Crippen LogP contribution >= 0.6 is 0 Å². The van der Waals surface area contributed by atoms with E-state index in [1.165, 1.54) is 40.7 Å². The summed E-state index contributed by atoms with van der Waals surface area (Å²) in [5, 5.41) is 0. The minimum Gasteiger partial charge on any atom is -0.202 e. The van der Waals surface area contributed by atoms with Crippen molar-refractivity contribution in [2.45, 2.75) is 46.5 Å². The number of nitrogens with one attached hydrogen (secondary N) is 1.